The van der Waals surface area contributed by atoms with Crippen molar-refractivity contribution in [2.45, 2.75) is 24.6 Å². The lowest BCUT2D eigenvalue weighted by molar-refractivity contribution is -0.115. The van der Waals surface area contributed by atoms with E-state index in [0.29, 0.717) is 26.7 Å². The number of nitrogens with one attached hydrogen (secondary N) is 1. The highest BCUT2D eigenvalue weighted by atomic mass is 35.5. The Hall–Kier alpha value is -1.02. The van der Waals surface area contributed by atoms with E-state index in [4.69, 9.17) is 37.8 Å². The molecule has 1 aromatic heterocycles. The predicted molar refractivity (Wildman–Crippen MR) is 76.7 cm³/mol. The number of aromatic nitrogens is 1. The number of aromatic amines is 1. The highest BCUT2D eigenvalue weighted by molar-refractivity contribution is 6.45. The van der Waals surface area contributed by atoms with Crippen LogP contribution in [0.15, 0.2) is 18.3 Å². The standard InChI is InChI=1S/C13H13Cl2NO5/c14-5-1-2-6-9(10(5)15)7(3-16-6)20-13-12(19)11(18)8(4-17)21-13/h1-3,8,11-13,16-19H,4H2/t8-,11-,12-,13-/m1/s1. The first-order chi connectivity index (χ1) is 10.0. The van der Waals surface area contributed by atoms with Gasteiger partial charge in [0.05, 0.1) is 27.6 Å². The zero-order valence-corrected chi connectivity index (χ0v) is 12.2. The Morgan fingerprint density at radius 2 is 2.00 bits per heavy atom. The van der Waals surface area contributed by atoms with E-state index in [1.807, 2.05) is 0 Å². The maximum Gasteiger partial charge on any atom is 0.229 e. The van der Waals surface area contributed by atoms with Gasteiger partial charge >= 0.3 is 0 Å². The van der Waals surface area contributed by atoms with Crippen molar-refractivity contribution in [2.24, 2.45) is 0 Å². The van der Waals surface area contributed by atoms with Gasteiger partial charge in [0.2, 0.25) is 6.29 Å². The van der Waals surface area contributed by atoms with Crippen LogP contribution < -0.4 is 4.74 Å². The number of aliphatic hydroxyl groups is 3. The topological polar surface area (TPSA) is 94.9 Å². The van der Waals surface area contributed by atoms with Crippen molar-refractivity contribution in [3.63, 3.8) is 0 Å². The third-order valence-electron chi connectivity index (χ3n) is 3.44. The Kier molecular flexibility index (Phi) is 4.00. The largest absolute Gasteiger partial charge is 0.460 e. The highest BCUT2D eigenvalue weighted by Gasteiger charge is 2.44. The van der Waals surface area contributed by atoms with E-state index >= 15 is 0 Å². The molecule has 0 unspecified atom stereocenters. The van der Waals surface area contributed by atoms with Crippen LogP contribution in [0.3, 0.4) is 0 Å². The molecule has 1 saturated heterocycles. The lowest BCUT2D eigenvalue weighted by Gasteiger charge is -2.16. The molecule has 2 heterocycles. The fourth-order valence-corrected chi connectivity index (χ4v) is 2.72. The number of benzene rings is 1. The molecule has 8 heteroatoms. The van der Waals surface area contributed by atoms with E-state index in [-0.39, 0.29) is 0 Å². The van der Waals surface area contributed by atoms with Crippen LogP contribution in [-0.4, -0.2) is 51.5 Å². The molecule has 2 aromatic rings. The molecule has 6 nitrogen and oxygen atoms in total. The number of H-pyrrole nitrogens is 1. The number of aliphatic hydroxyl groups excluding tert-OH is 3. The molecule has 0 bridgehead atoms. The van der Waals surface area contributed by atoms with Crippen LogP contribution in [-0.2, 0) is 4.74 Å². The van der Waals surface area contributed by atoms with Gasteiger partial charge < -0.3 is 29.8 Å². The SMILES string of the molecule is OC[C@H]1O[C@@H](Oc2c[nH]c3ccc(Cl)c(Cl)c23)[C@H](O)[C@@H]1O. The molecular weight excluding hydrogens is 321 g/mol. The third-order valence-corrected chi connectivity index (χ3v) is 4.25. The van der Waals surface area contributed by atoms with Crippen molar-refractivity contribution in [1.82, 2.24) is 4.98 Å². The van der Waals surface area contributed by atoms with Crippen LogP contribution in [0.4, 0.5) is 0 Å². The van der Waals surface area contributed by atoms with Gasteiger partial charge in [0.1, 0.15) is 24.1 Å². The van der Waals surface area contributed by atoms with Gasteiger partial charge in [-0.15, -0.1) is 0 Å². The van der Waals surface area contributed by atoms with Crippen LogP contribution in [0.1, 0.15) is 0 Å². The molecule has 21 heavy (non-hydrogen) atoms. The van der Waals surface area contributed by atoms with E-state index in [1.165, 1.54) is 0 Å². The molecule has 0 spiro atoms. The summed E-state index contributed by atoms with van der Waals surface area (Å²) in [7, 11) is 0. The van der Waals surface area contributed by atoms with Gasteiger partial charge in [-0.3, -0.25) is 0 Å². The smallest absolute Gasteiger partial charge is 0.229 e. The number of ether oxygens (including phenoxy) is 2. The van der Waals surface area contributed by atoms with E-state index in [0.717, 1.165) is 0 Å². The van der Waals surface area contributed by atoms with Gasteiger partial charge in [0.15, 0.2) is 0 Å². The van der Waals surface area contributed by atoms with Crippen LogP contribution in [0.2, 0.25) is 10.0 Å². The molecule has 4 N–H and O–H groups in total. The minimum atomic E-state index is -1.27. The predicted octanol–water partition coefficient (Wildman–Crippen LogP) is 1.29. The molecule has 0 amide bonds. The van der Waals surface area contributed by atoms with Gasteiger partial charge in [-0.25, -0.2) is 0 Å². The Morgan fingerprint density at radius 1 is 1.24 bits per heavy atom. The van der Waals surface area contributed by atoms with Gasteiger partial charge in [-0.2, -0.15) is 0 Å². The molecule has 1 aliphatic heterocycles. The minimum Gasteiger partial charge on any atom is -0.460 e. The average molecular weight is 334 g/mol. The quantitative estimate of drug-likeness (QED) is 0.679. The molecule has 3 rings (SSSR count). The number of hydrogen-bond donors (Lipinski definition) is 4. The van der Waals surface area contributed by atoms with Crippen LogP contribution in [0.5, 0.6) is 5.75 Å². The fraction of sp³-hybridized carbons (Fsp3) is 0.385. The van der Waals surface area contributed by atoms with Crippen LogP contribution >= 0.6 is 23.2 Å². The maximum atomic E-state index is 9.87. The highest BCUT2D eigenvalue weighted by Crippen LogP contribution is 2.38. The Balaban J connectivity index is 1.91. The van der Waals surface area contributed by atoms with E-state index in [1.54, 1.807) is 18.3 Å². The summed E-state index contributed by atoms with van der Waals surface area (Å²) in [5.41, 5.74) is 0.714. The molecule has 0 aliphatic carbocycles. The van der Waals surface area contributed by atoms with E-state index in [9.17, 15) is 10.2 Å². The first kappa shape index (κ1) is 14.9. The summed E-state index contributed by atoms with van der Waals surface area (Å²) in [4.78, 5) is 2.96. The number of rotatable bonds is 3. The second-order valence-electron chi connectivity index (χ2n) is 4.76. The zero-order chi connectivity index (χ0) is 15.1. The van der Waals surface area contributed by atoms with Crippen molar-refractivity contribution in [3.8, 4) is 5.75 Å². The molecule has 0 saturated carbocycles. The van der Waals surface area contributed by atoms with Crippen LogP contribution in [0, 0.1) is 0 Å². The summed E-state index contributed by atoms with van der Waals surface area (Å²) in [5, 5.41) is 29.9. The molecule has 1 aromatic carbocycles. The summed E-state index contributed by atoms with van der Waals surface area (Å²) in [6, 6.07) is 3.40. The first-order valence-electron chi connectivity index (χ1n) is 6.27. The van der Waals surface area contributed by atoms with Crippen molar-refractivity contribution in [1.29, 1.82) is 0 Å². The van der Waals surface area contributed by atoms with Crippen molar-refractivity contribution in [3.05, 3.63) is 28.4 Å². The Morgan fingerprint density at radius 3 is 2.67 bits per heavy atom. The molecule has 114 valence electrons. The second-order valence-corrected chi connectivity index (χ2v) is 5.55. The minimum absolute atomic E-state index is 0.317. The number of fused-ring (bicyclic) bond motifs is 1. The van der Waals surface area contributed by atoms with Crippen LogP contribution in [0.25, 0.3) is 10.9 Å². The molecule has 4 atom stereocenters. The van der Waals surface area contributed by atoms with Gasteiger partial charge in [0, 0.05) is 6.20 Å². The van der Waals surface area contributed by atoms with E-state index < -0.39 is 31.2 Å². The molecule has 0 radical (unpaired) electrons. The summed E-state index contributed by atoms with van der Waals surface area (Å²) in [6.45, 7) is -0.418. The van der Waals surface area contributed by atoms with Gasteiger partial charge in [-0.1, -0.05) is 23.2 Å². The lowest BCUT2D eigenvalue weighted by Crippen LogP contribution is -2.35. The summed E-state index contributed by atoms with van der Waals surface area (Å²) in [6.07, 6.45) is -2.93. The maximum absolute atomic E-state index is 9.87. The first-order valence-corrected chi connectivity index (χ1v) is 7.02. The Bertz CT molecular complexity index is 661. The summed E-state index contributed by atoms with van der Waals surface area (Å²) < 4.78 is 10.8. The zero-order valence-electron chi connectivity index (χ0n) is 10.7. The second kappa shape index (κ2) is 5.64. The summed E-state index contributed by atoms with van der Waals surface area (Å²) >= 11 is 12.1. The fourth-order valence-electron chi connectivity index (χ4n) is 2.31. The molecule has 1 aliphatic rings. The van der Waals surface area contributed by atoms with Crippen molar-refractivity contribution in [2.75, 3.05) is 6.61 Å². The Labute approximate surface area is 129 Å². The van der Waals surface area contributed by atoms with Crippen molar-refractivity contribution >= 4 is 34.1 Å². The third kappa shape index (κ3) is 2.48. The van der Waals surface area contributed by atoms with Crippen molar-refractivity contribution < 1.29 is 24.8 Å². The normalized spacial score (nSPS) is 29.2. The molecule has 1 fully saturated rings. The lowest BCUT2D eigenvalue weighted by atomic mass is 10.1. The number of hydrogen-bond acceptors (Lipinski definition) is 5. The van der Waals surface area contributed by atoms with Gasteiger partial charge in [0.25, 0.3) is 0 Å². The number of halogens is 2. The summed E-state index contributed by atoms with van der Waals surface area (Å²) in [5.74, 6) is 0.340. The molecular formula is C13H13Cl2NO5. The monoisotopic (exact) mass is 333 g/mol. The average Bonchev–Trinajstić information content (AvgIpc) is 3.00. The van der Waals surface area contributed by atoms with E-state index in [2.05, 4.69) is 4.98 Å². The van der Waals surface area contributed by atoms with Gasteiger partial charge in [-0.05, 0) is 12.1 Å².